The number of benzene rings is 2. The fourth-order valence-corrected chi connectivity index (χ4v) is 3.14. The van der Waals surface area contributed by atoms with Crippen LogP contribution >= 0.6 is 0 Å². The van der Waals surface area contributed by atoms with Crippen LogP contribution in [0.3, 0.4) is 0 Å². The summed E-state index contributed by atoms with van der Waals surface area (Å²) in [4.78, 5) is 36.4. The van der Waals surface area contributed by atoms with Crippen molar-refractivity contribution in [3.8, 4) is 0 Å². The minimum Gasteiger partial charge on any atom is -0.452 e. The number of hydrogen-bond donors (Lipinski definition) is 2. The van der Waals surface area contributed by atoms with Gasteiger partial charge in [-0.3, -0.25) is 9.59 Å². The number of aryl methyl sites for hydroxylation is 3. The number of esters is 1. The van der Waals surface area contributed by atoms with E-state index < -0.39 is 18.5 Å². The summed E-state index contributed by atoms with van der Waals surface area (Å²) in [5, 5.41) is 6.00. The summed E-state index contributed by atoms with van der Waals surface area (Å²) < 4.78 is 6.93. The molecule has 3 rings (SSSR count). The summed E-state index contributed by atoms with van der Waals surface area (Å²) in [5.41, 5.74) is 3.90. The Morgan fingerprint density at radius 3 is 2.38 bits per heavy atom. The highest BCUT2D eigenvalue weighted by Crippen LogP contribution is 2.21. The Hall–Kier alpha value is -3.61. The highest BCUT2D eigenvalue weighted by atomic mass is 16.5. The van der Waals surface area contributed by atoms with Gasteiger partial charge < -0.3 is 19.9 Å². The highest BCUT2D eigenvalue weighted by Gasteiger charge is 2.16. The van der Waals surface area contributed by atoms with Crippen molar-refractivity contribution < 1.29 is 19.1 Å². The normalized spacial score (nSPS) is 10.6. The van der Waals surface area contributed by atoms with Gasteiger partial charge in [0.25, 0.3) is 5.91 Å². The van der Waals surface area contributed by atoms with Crippen molar-refractivity contribution in [2.45, 2.75) is 13.8 Å². The van der Waals surface area contributed by atoms with Crippen LogP contribution in [0.5, 0.6) is 0 Å². The average Bonchev–Trinajstić information content (AvgIpc) is 3.04. The standard InChI is InChI=1S/C22H23N3O4/c1-14-7-6-8-15(2)21(14)24-19(26)11-23-20(27)13-29-22(28)17-12-25(3)18-10-5-4-9-16(17)18/h4-10,12H,11,13H2,1-3H3,(H,23,27)(H,24,26). The van der Waals surface area contributed by atoms with Crippen molar-refractivity contribution in [1.82, 2.24) is 9.88 Å². The number of rotatable bonds is 6. The Bertz CT molecular complexity index is 1060. The van der Waals surface area contributed by atoms with Gasteiger partial charge in [-0.1, -0.05) is 36.4 Å². The Labute approximate surface area is 168 Å². The van der Waals surface area contributed by atoms with E-state index in [4.69, 9.17) is 4.74 Å². The van der Waals surface area contributed by atoms with Crippen LogP contribution in [-0.4, -0.2) is 35.5 Å². The first kappa shape index (κ1) is 20.1. The molecule has 0 saturated heterocycles. The molecule has 29 heavy (non-hydrogen) atoms. The molecule has 7 nitrogen and oxygen atoms in total. The first-order valence-electron chi connectivity index (χ1n) is 9.20. The number of carbonyl (C=O) groups excluding carboxylic acids is 3. The zero-order valence-corrected chi connectivity index (χ0v) is 16.6. The molecule has 0 bridgehead atoms. The molecule has 0 spiro atoms. The SMILES string of the molecule is Cc1cccc(C)c1NC(=O)CNC(=O)COC(=O)c1cn(C)c2ccccc12. The van der Waals surface area contributed by atoms with Gasteiger partial charge in [-0.2, -0.15) is 0 Å². The molecule has 0 aliphatic rings. The van der Waals surface area contributed by atoms with Crippen LogP contribution in [0.25, 0.3) is 10.9 Å². The number of carbonyl (C=O) groups is 3. The van der Waals surface area contributed by atoms with Crippen LogP contribution in [0.4, 0.5) is 5.69 Å². The lowest BCUT2D eigenvalue weighted by Gasteiger charge is -2.12. The summed E-state index contributed by atoms with van der Waals surface area (Å²) in [7, 11) is 1.83. The van der Waals surface area contributed by atoms with E-state index in [9.17, 15) is 14.4 Å². The molecule has 7 heteroatoms. The largest absolute Gasteiger partial charge is 0.452 e. The Kier molecular flexibility index (Phi) is 5.97. The average molecular weight is 393 g/mol. The molecule has 0 atom stereocenters. The molecule has 0 aliphatic heterocycles. The predicted octanol–water partition coefficient (Wildman–Crippen LogP) is 2.71. The molecule has 150 valence electrons. The smallest absolute Gasteiger partial charge is 0.340 e. The van der Waals surface area contributed by atoms with Crippen LogP contribution in [0.2, 0.25) is 0 Å². The first-order valence-corrected chi connectivity index (χ1v) is 9.20. The zero-order valence-electron chi connectivity index (χ0n) is 16.6. The van der Waals surface area contributed by atoms with Crippen LogP contribution in [0, 0.1) is 13.8 Å². The van der Waals surface area contributed by atoms with Crippen LogP contribution in [-0.2, 0) is 21.4 Å². The second-order valence-corrected chi connectivity index (χ2v) is 6.84. The zero-order chi connectivity index (χ0) is 21.0. The minimum absolute atomic E-state index is 0.210. The third kappa shape index (κ3) is 4.63. The molecule has 2 N–H and O–H groups in total. The minimum atomic E-state index is -0.586. The summed E-state index contributed by atoms with van der Waals surface area (Å²) in [6.45, 7) is 3.12. The van der Waals surface area contributed by atoms with Crippen molar-refractivity contribution in [3.05, 3.63) is 65.4 Å². The molecule has 0 fully saturated rings. The molecular weight excluding hydrogens is 370 g/mol. The number of para-hydroxylation sites is 2. The van der Waals surface area contributed by atoms with Gasteiger partial charge in [0, 0.05) is 29.8 Å². The molecule has 0 unspecified atom stereocenters. The van der Waals surface area contributed by atoms with Gasteiger partial charge in [0.05, 0.1) is 12.1 Å². The van der Waals surface area contributed by atoms with Crippen molar-refractivity contribution in [1.29, 1.82) is 0 Å². The number of fused-ring (bicyclic) bond motifs is 1. The van der Waals surface area contributed by atoms with E-state index in [1.807, 2.05) is 67.9 Å². The van der Waals surface area contributed by atoms with Crippen LogP contribution < -0.4 is 10.6 Å². The topological polar surface area (TPSA) is 89.4 Å². The van der Waals surface area contributed by atoms with Gasteiger partial charge in [-0.25, -0.2) is 4.79 Å². The number of aromatic nitrogens is 1. The van der Waals surface area contributed by atoms with Crippen molar-refractivity contribution >= 4 is 34.4 Å². The maximum Gasteiger partial charge on any atom is 0.340 e. The van der Waals surface area contributed by atoms with Crippen LogP contribution in [0.1, 0.15) is 21.5 Å². The second kappa shape index (κ2) is 8.60. The number of anilines is 1. The number of amides is 2. The van der Waals surface area contributed by atoms with E-state index in [1.54, 1.807) is 6.20 Å². The maximum absolute atomic E-state index is 12.3. The number of nitrogens with zero attached hydrogens (tertiary/aromatic N) is 1. The molecular formula is C22H23N3O4. The predicted molar refractivity (Wildman–Crippen MR) is 111 cm³/mol. The monoisotopic (exact) mass is 393 g/mol. The molecule has 1 aromatic heterocycles. The van der Waals surface area contributed by atoms with Crippen molar-refractivity contribution in [2.75, 3.05) is 18.5 Å². The second-order valence-electron chi connectivity index (χ2n) is 6.84. The molecule has 2 aromatic carbocycles. The maximum atomic E-state index is 12.3. The summed E-state index contributed by atoms with van der Waals surface area (Å²) in [5.74, 6) is -1.48. The highest BCUT2D eigenvalue weighted by molar-refractivity contribution is 6.05. The van der Waals surface area contributed by atoms with E-state index in [0.717, 1.165) is 27.7 Å². The van der Waals surface area contributed by atoms with Gasteiger partial charge in [-0.15, -0.1) is 0 Å². The third-order valence-electron chi connectivity index (χ3n) is 4.64. The fourth-order valence-electron chi connectivity index (χ4n) is 3.14. The molecule has 0 aliphatic carbocycles. The fraction of sp³-hybridized carbons (Fsp3) is 0.227. The Morgan fingerprint density at radius 2 is 1.66 bits per heavy atom. The Balaban J connectivity index is 1.51. The third-order valence-corrected chi connectivity index (χ3v) is 4.64. The van der Waals surface area contributed by atoms with Gasteiger partial charge >= 0.3 is 5.97 Å². The van der Waals surface area contributed by atoms with Crippen molar-refractivity contribution in [3.63, 3.8) is 0 Å². The van der Waals surface area contributed by atoms with Gasteiger partial charge in [0.2, 0.25) is 5.91 Å². The van der Waals surface area contributed by atoms with E-state index >= 15 is 0 Å². The number of ether oxygens (including phenoxy) is 1. The molecule has 0 radical (unpaired) electrons. The van der Waals surface area contributed by atoms with E-state index in [-0.39, 0.29) is 12.5 Å². The Morgan fingerprint density at radius 1 is 0.966 bits per heavy atom. The lowest BCUT2D eigenvalue weighted by Crippen LogP contribution is -2.35. The quantitative estimate of drug-likeness (QED) is 0.630. The summed E-state index contributed by atoms with van der Waals surface area (Å²) in [6, 6.07) is 13.1. The van der Waals surface area contributed by atoms with E-state index in [0.29, 0.717) is 5.56 Å². The van der Waals surface area contributed by atoms with Gasteiger partial charge in [0.1, 0.15) is 0 Å². The van der Waals surface area contributed by atoms with E-state index in [1.165, 1.54) is 0 Å². The van der Waals surface area contributed by atoms with Gasteiger partial charge in [0.15, 0.2) is 6.61 Å². The lowest BCUT2D eigenvalue weighted by atomic mass is 10.1. The van der Waals surface area contributed by atoms with E-state index in [2.05, 4.69) is 10.6 Å². The number of hydrogen-bond acceptors (Lipinski definition) is 4. The lowest BCUT2D eigenvalue weighted by molar-refractivity contribution is -0.126. The van der Waals surface area contributed by atoms with Crippen LogP contribution in [0.15, 0.2) is 48.7 Å². The molecule has 0 saturated carbocycles. The summed E-state index contributed by atoms with van der Waals surface area (Å²) in [6.07, 6.45) is 1.67. The molecule has 2 amide bonds. The first-order chi connectivity index (χ1) is 13.9. The number of nitrogens with one attached hydrogen (secondary N) is 2. The summed E-state index contributed by atoms with van der Waals surface area (Å²) >= 11 is 0. The molecule has 1 heterocycles. The van der Waals surface area contributed by atoms with Crippen molar-refractivity contribution in [2.24, 2.45) is 7.05 Å². The molecule has 3 aromatic rings. The van der Waals surface area contributed by atoms with Gasteiger partial charge in [-0.05, 0) is 31.0 Å².